The van der Waals surface area contributed by atoms with Crippen molar-refractivity contribution < 1.29 is 14.3 Å². The summed E-state index contributed by atoms with van der Waals surface area (Å²) in [5, 5.41) is 0. The highest BCUT2D eigenvalue weighted by Gasteiger charge is 2.28. The Bertz CT molecular complexity index is 178. The first-order chi connectivity index (χ1) is 6.15. The van der Waals surface area contributed by atoms with Gasteiger partial charge in [0.25, 0.3) is 0 Å². The average molecular weight is 187 g/mol. The van der Waals surface area contributed by atoms with Crippen LogP contribution < -0.4 is 5.73 Å². The molecule has 4 nitrogen and oxygen atoms in total. The van der Waals surface area contributed by atoms with Crippen LogP contribution >= 0.6 is 0 Å². The quantitative estimate of drug-likeness (QED) is 0.637. The van der Waals surface area contributed by atoms with E-state index in [1.807, 2.05) is 13.8 Å². The summed E-state index contributed by atoms with van der Waals surface area (Å²) in [5.74, 6) is -0.134. The van der Waals surface area contributed by atoms with Crippen molar-refractivity contribution in [3.63, 3.8) is 0 Å². The topological polar surface area (TPSA) is 61.6 Å². The number of carbonyl (C=O) groups excluding carboxylic acids is 1. The lowest BCUT2D eigenvalue weighted by Crippen LogP contribution is -2.41. The lowest BCUT2D eigenvalue weighted by molar-refractivity contribution is -0.177. The molecular formula is C9H17NO3. The van der Waals surface area contributed by atoms with Crippen LogP contribution in [-0.2, 0) is 14.3 Å². The van der Waals surface area contributed by atoms with Crippen molar-refractivity contribution in [1.29, 1.82) is 0 Å². The minimum atomic E-state index is -0.189. The zero-order chi connectivity index (χ0) is 9.84. The molecule has 0 spiro atoms. The molecule has 0 aromatic heterocycles. The molecule has 4 heteroatoms. The molecule has 0 amide bonds. The van der Waals surface area contributed by atoms with E-state index in [0.29, 0.717) is 19.8 Å². The van der Waals surface area contributed by atoms with Gasteiger partial charge in [0.1, 0.15) is 6.10 Å². The van der Waals surface area contributed by atoms with E-state index in [-0.39, 0.29) is 23.9 Å². The van der Waals surface area contributed by atoms with Crippen LogP contribution in [-0.4, -0.2) is 31.8 Å². The van der Waals surface area contributed by atoms with Crippen LogP contribution in [0.1, 0.15) is 13.8 Å². The average Bonchev–Trinajstić information content (AvgIpc) is 1.97. The number of ether oxygens (including phenoxy) is 2. The standard InChI is InChI=1S/C9H17NO3/c1-6(2)8(3-10)9(11)13-7-4-12-5-7/h6-8H,3-5,10H2,1-2H3. The van der Waals surface area contributed by atoms with E-state index in [2.05, 4.69) is 0 Å². The first-order valence-electron chi connectivity index (χ1n) is 4.63. The lowest BCUT2D eigenvalue weighted by Gasteiger charge is -2.28. The summed E-state index contributed by atoms with van der Waals surface area (Å²) >= 11 is 0. The maximum Gasteiger partial charge on any atom is 0.310 e. The van der Waals surface area contributed by atoms with Crippen LogP contribution in [0.15, 0.2) is 0 Å². The van der Waals surface area contributed by atoms with E-state index in [1.54, 1.807) is 0 Å². The third kappa shape index (κ3) is 2.67. The predicted molar refractivity (Wildman–Crippen MR) is 48.1 cm³/mol. The summed E-state index contributed by atoms with van der Waals surface area (Å²) < 4.78 is 10.1. The van der Waals surface area contributed by atoms with Gasteiger partial charge in [-0.2, -0.15) is 0 Å². The Morgan fingerprint density at radius 3 is 2.54 bits per heavy atom. The molecule has 76 valence electrons. The minimum absolute atomic E-state index is 0.0414. The van der Waals surface area contributed by atoms with Gasteiger partial charge < -0.3 is 15.2 Å². The summed E-state index contributed by atoms with van der Waals surface area (Å²) in [6.45, 7) is 5.35. The van der Waals surface area contributed by atoms with Gasteiger partial charge >= 0.3 is 5.97 Å². The molecular weight excluding hydrogens is 170 g/mol. The van der Waals surface area contributed by atoms with Gasteiger partial charge in [0, 0.05) is 6.54 Å². The molecule has 0 saturated carbocycles. The first-order valence-corrected chi connectivity index (χ1v) is 4.63. The Morgan fingerprint density at radius 2 is 2.23 bits per heavy atom. The fourth-order valence-corrected chi connectivity index (χ4v) is 1.17. The monoisotopic (exact) mass is 187 g/mol. The predicted octanol–water partition coefficient (Wildman–Crippen LogP) is 0.159. The van der Waals surface area contributed by atoms with Crippen LogP contribution in [0.3, 0.4) is 0 Å². The fourth-order valence-electron chi connectivity index (χ4n) is 1.17. The van der Waals surface area contributed by atoms with E-state index in [4.69, 9.17) is 15.2 Å². The Balaban J connectivity index is 2.34. The molecule has 0 aromatic rings. The molecule has 1 rings (SSSR count). The molecule has 1 aliphatic heterocycles. The number of hydrogen-bond acceptors (Lipinski definition) is 4. The van der Waals surface area contributed by atoms with Crippen LogP contribution in [0.4, 0.5) is 0 Å². The Labute approximate surface area is 78.4 Å². The Hall–Kier alpha value is -0.610. The summed E-state index contributed by atoms with van der Waals surface area (Å²) in [6, 6.07) is 0. The number of nitrogens with two attached hydrogens (primary N) is 1. The van der Waals surface area contributed by atoms with Crippen molar-refractivity contribution in [2.75, 3.05) is 19.8 Å². The molecule has 1 fully saturated rings. The SMILES string of the molecule is CC(C)C(CN)C(=O)OC1COC1. The Morgan fingerprint density at radius 1 is 1.62 bits per heavy atom. The molecule has 1 saturated heterocycles. The second-order valence-corrected chi connectivity index (χ2v) is 3.68. The van der Waals surface area contributed by atoms with Crippen LogP contribution in [0.2, 0.25) is 0 Å². The normalized spacial score (nSPS) is 19.7. The van der Waals surface area contributed by atoms with Gasteiger partial charge in [0.2, 0.25) is 0 Å². The smallest absolute Gasteiger partial charge is 0.310 e. The van der Waals surface area contributed by atoms with E-state index in [9.17, 15) is 4.79 Å². The van der Waals surface area contributed by atoms with Crippen LogP contribution in [0.25, 0.3) is 0 Å². The zero-order valence-electron chi connectivity index (χ0n) is 8.16. The van der Waals surface area contributed by atoms with E-state index < -0.39 is 0 Å². The van der Waals surface area contributed by atoms with Crippen molar-refractivity contribution >= 4 is 5.97 Å². The molecule has 13 heavy (non-hydrogen) atoms. The minimum Gasteiger partial charge on any atom is -0.457 e. The van der Waals surface area contributed by atoms with E-state index in [1.165, 1.54) is 0 Å². The molecule has 2 N–H and O–H groups in total. The number of carbonyl (C=O) groups is 1. The maximum atomic E-state index is 11.5. The van der Waals surface area contributed by atoms with E-state index in [0.717, 1.165) is 0 Å². The largest absolute Gasteiger partial charge is 0.457 e. The van der Waals surface area contributed by atoms with Crippen molar-refractivity contribution in [2.24, 2.45) is 17.6 Å². The second kappa shape index (κ2) is 4.58. The number of esters is 1. The lowest BCUT2D eigenvalue weighted by atomic mass is 9.96. The van der Waals surface area contributed by atoms with E-state index >= 15 is 0 Å². The van der Waals surface area contributed by atoms with Crippen molar-refractivity contribution in [3.8, 4) is 0 Å². The van der Waals surface area contributed by atoms with Gasteiger partial charge in [-0.1, -0.05) is 13.8 Å². The van der Waals surface area contributed by atoms with Crippen molar-refractivity contribution in [1.82, 2.24) is 0 Å². The zero-order valence-corrected chi connectivity index (χ0v) is 8.16. The van der Waals surface area contributed by atoms with Crippen LogP contribution in [0.5, 0.6) is 0 Å². The molecule has 0 bridgehead atoms. The molecule has 1 unspecified atom stereocenters. The molecule has 1 aliphatic rings. The van der Waals surface area contributed by atoms with Gasteiger partial charge in [-0.25, -0.2) is 0 Å². The molecule has 1 heterocycles. The second-order valence-electron chi connectivity index (χ2n) is 3.68. The molecule has 0 aromatic carbocycles. The summed E-state index contributed by atoms with van der Waals surface area (Å²) in [6.07, 6.45) is -0.0414. The van der Waals surface area contributed by atoms with Gasteiger partial charge in [0.05, 0.1) is 19.1 Å². The third-order valence-corrected chi connectivity index (χ3v) is 2.25. The maximum absolute atomic E-state index is 11.5. The molecule has 1 atom stereocenters. The van der Waals surface area contributed by atoms with Crippen molar-refractivity contribution in [2.45, 2.75) is 20.0 Å². The van der Waals surface area contributed by atoms with Crippen LogP contribution in [0, 0.1) is 11.8 Å². The first kappa shape index (κ1) is 10.5. The van der Waals surface area contributed by atoms with Gasteiger partial charge in [-0.05, 0) is 5.92 Å². The summed E-state index contributed by atoms with van der Waals surface area (Å²) in [5.41, 5.74) is 5.48. The summed E-state index contributed by atoms with van der Waals surface area (Å²) in [4.78, 5) is 11.5. The van der Waals surface area contributed by atoms with Gasteiger partial charge in [0.15, 0.2) is 0 Å². The number of rotatable bonds is 4. The van der Waals surface area contributed by atoms with Crippen molar-refractivity contribution in [3.05, 3.63) is 0 Å². The Kier molecular flexibility index (Phi) is 3.69. The fraction of sp³-hybridized carbons (Fsp3) is 0.889. The van der Waals surface area contributed by atoms with Gasteiger partial charge in [-0.3, -0.25) is 4.79 Å². The highest BCUT2D eigenvalue weighted by atomic mass is 16.6. The molecule has 0 aliphatic carbocycles. The van der Waals surface area contributed by atoms with Gasteiger partial charge in [-0.15, -0.1) is 0 Å². The highest BCUT2D eigenvalue weighted by Crippen LogP contribution is 2.14. The third-order valence-electron chi connectivity index (χ3n) is 2.25. The summed E-state index contributed by atoms with van der Waals surface area (Å²) in [7, 11) is 0. The highest BCUT2D eigenvalue weighted by molar-refractivity contribution is 5.73. The molecule has 0 radical (unpaired) electrons. The number of hydrogen-bond donors (Lipinski definition) is 1.